The lowest BCUT2D eigenvalue weighted by atomic mass is 10.1. The van der Waals surface area contributed by atoms with Crippen molar-refractivity contribution in [2.75, 3.05) is 17.8 Å². The topological polar surface area (TPSA) is 38.3 Å². The summed E-state index contributed by atoms with van der Waals surface area (Å²) in [4.78, 5) is 11.2. The maximum absolute atomic E-state index is 11.2. The highest BCUT2D eigenvalue weighted by Crippen LogP contribution is 2.32. The van der Waals surface area contributed by atoms with Crippen molar-refractivity contribution in [2.45, 2.75) is 12.8 Å². The van der Waals surface area contributed by atoms with Gasteiger partial charge in [0.25, 0.3) is 0 Å². The quantitative estimate of drug-likeness (QED) is 0.784. The smallest absolute Gasteiger partial charge is 0.239 e. The molecule has 0 radical (unpaired) electrons. The predicted molar refractivity (Wildman–Crippen MR) is 59.6 cm³/mol. The first-order chi connectivity index (χ1) is 7.31. The van der Waals surface area contributed by atoms with Crippen LogP contribution in [0.5, 0.6) is 5.75 Å². The Labute approximate surface area is 93.4 Å². The number of anilines is 1. The van der Waals surface area contributed by atoms with E-state index >= 15 is 0 Å². The molecule has 0 saturated carbocycles. The van der Waals surface area contributed by atoms with E-state index in [2.05, 4.69) is 5.32 Å². The summed E-state index contributed by atoms with van der Waals surface area (Å²) in [5.41, 5.74) is 1.87. The van der Waals surface area contributed by atoms with Gasteiger partial charge in [-0.25, -0.2) is 0 Å². The number of alkyl halides is 1. The van der Waals surface area contributed by atoms with E-state index in [1.807, 2.05) is 18.2 Å². The van der Waals surface area contributed by atoms with E-state index in [4.69, 9.17) is 16.3 Å². The Morgan fingerprint density at radius 1 is 1.53 bits per heavy atom. The Kier molecular flexibility index (Phi) is 3.11. The molecular formula is C11H12ClNO2. The van der Waals surface area contributed by atoms with Gasteiger partial charge in [0.1, 0.15) is 11.6 Å². The number of carbonyl (C=O) groups excluding carboxylic acids is 1. The lowest BCUT2D eigenvalue weighted by molar-refractivity contribution is -0.113. The van der Waals surface area contributed by atoms with Gasteiger partial charge in [-0.05, 0) is 24.5 Å². The van der Waals surface area contributed by atoms with Crippen LogP contribution in [0.15, 0.2) is 18.2 Å². The third kappa shape index (κ3) is 2.23. The van der Waals surface area contributed by atoms with Gasteiger partial charge < -0.3 is 10.1 Å². The summed E-state index contributed by atoms with van der Waals surface area (Å²) in [5.74, 6) is 0.547. The number of benzene rings is 1. The molecule has 0 aromatic heterocycles. The third-order valence-electron chi connectivity index (χ3n) is 2.33. The normalized spacial score (nSPS) is 13.9. The molecule has 0 fully saturated rings. The average molecular weight is 226 g/mol. The molecule has 4 heteroatoms. The van der Waals surface area contributed by atoms with Crippen LogP contribution in [0.4, 0.5) is 5.69 Å². The summed E-state index contributed by atoms with van der Waals surface area (Å²) in [7, 11) is 0. The van der Waals surface area contributed by atoms with Crippen LogP contribution in [0.1, 0.15) is 12.0 Å². The highest BCUT2D eigenvalue weighted by Gasteiger charge is 2.15. The van der Waals surface area contributed by atoms with Gasteiger partial charge in [0, 0.05) is 0 Å². The second-order valence-corrected chi connectivity index (χ2v) is 3.69. The van der Waals surface area contributed by atoms with Crippen molar-refractivity contribution in [1.82, 2.24) is 0 Å². The molecule has 0 aliphatic carbocycles. The van der Waals surface area contributed by atoms with Crippen molar-refractivity contribution in [1.29, 1.82) is 0 Å². The molecule has 15 heavy (non-hydrogen) atoms. The Hall–Kier alpha value is -1.22. The fourth-order valence-electron chi connectivity index (χ4n) is 1.67. The summed E-state index contributed by atoms with van der Waals surface area (Å²) in [6, 6.07) is 5.76. The number of para-hydroxylation sites is 1. The van der Waals surface area contributed by atoms with Gasteiger partial charge in [0.05, 0.1) is 12.3 Å². The lowest BCUT2D eigenvalue weighted by Gasteiger charge is -2.20. The van der Waals surface area contributed by atoms with Crippen molar-refractivity contribution in [3.8, 4) is 5.75 Å². The first-order valence-corrected chi connectivity index (χ1v) is 5.45. The summed E-state index contributed by atoms with van der Waals surface area (Å²) < 4.78 is 5.54. The Bertz CT molecular complexity index is 379. The van der Waals surface area contributed by atoms with Crippen LogP contribution in [0.25, 0.3) is 0 Å². The number of carbonyl (C=O) groups is 1. The maximum atomic E-state index is 11.2. The number of ether oxygens (including phenoxy) is 1. The van der Waals surface area contributed by atoms with Gasteiger partial charge in [-0.3, -0.25) is 4.79 Å². The second kappa shape index (κ2) is 4.53. The standard InChI is InChI=1S/C11H12ClNO2/c12-7-10(14)13-9-5-1-3-8-4-2-6-15-11(8)9/h1,3,5H,2,4,6-7H2,(H,13,14). The summed E-state index contributed by atoms with van der Waals surface area (Å²) in [6.45, 7) is 0.709. The van der Waals surface area contributed by atoms with E-state index in [1.54, 1.807) is 0 Å². The first kappa shape index (κ1) is 10.3. The van der Waals surface area contributed by atoms with E-state index in [1.165, 1.54) is 0 Å². The molecule has 1 aliphatic rings. The molecular weight excluding hydrogens is 214 g/mol. The number of rotatable bonds is 2. The SMILES string of the molecule is O=C(CCl)Nc1cccc2c1OCCC2. The fourth-order valence-corrected chi connectivity index (χ4v) is 1.74. The second-order valence-electron chi connectivity index (χ2n) is 3.43. The predicted octanol–water partition coefficient (Wildman–Crippen LogP) is 2.19. The zero-order valence-electron chi connectivity index (χ0n) is 8.25. The lowest BCUT2D eigenvalue weighted by Crippen LogP contribution is -2.16. The van der Waals surface area contributed by atoms with Gasteiger partial charge in [0.2, 0.25) is 5.91 Å². The summed E-state index contributed by atoms with van der Waals surface area (Å²) >= 11 is 5.43. The Morgan fingerprint density at radius 2 is 2.40 bits per heavy atom. The van der Waals surface area contributed by atoms with Gasteiger partial charge in [-0.15, -0.1) is 11.6 Å². The molecule has 1 aliphatic heterocycles. The summed E-state index contributed by atoms with van der Waals surface area (Å²) in [5, 5.41) is 2.72. The van der Waals surface area contributed by atoms with Crippen molar-refractivity contribution >= 4 is 23.2 Å². The van der Waals surface area contributed by atoms with E-state index in [-0.39, 0.29) is 11.8 Å². The van der Waals surface area contributed by atoms with Crippen LogP contribution in [0.2, 0.25) is 0 Å². The number of fused-ring (bicyclic) bond motifs is 1. The molecule has 2 rings (SSSR count). The number of hydrogen-bond donors (Lipinski definition) is 1. The van der Waals surface area contributed by atoms with Gasteiger partial charge in [-0.1, -0.05) is 12.1 Å². The van der Waals surface area contributed by atoms with Crippen molar-refractivity contribution in [3.63, 3.8) is 0 Å². The number of aryl methyl sites for hydroxylation is 1. The third-order valence-corrected chi connectivity index (χ3v) is 2.57. The highest BCUT2D eigenvalue weighted by molar-refractivity contribution is 6.29. The molecule has 1 aromatic rings. The first-order valence-electron chi connectivity index (χ1n) is 4.92. The largest absolute Gasteiger partial charge is 0.491 e. The van der Waals surface area contributed by atoms with Gasteiger partial charge >= 0.3 is 0 Å². The molecule has 0 spiro atoms. The molecule has 1 aromatic carbocycles. The van der Waals surface area contributed by atoms with Crippen molar-refractivity contribution in [2.24, 2.45) is 0 Å². The molecule has 80 valence electrons. The van der Waals surface area contributed by atoms with Crippen LogP contribution < -0.4 is 10.1 Å². The van der Waals surface area contributed by atoms with E-state index in [0.29, 0.717) is 6.61 Å². The minimum Gasteiger partial charge on any atom is -0.491 e. The molecule has 1 heterocycles. The van der Waals surface area contributed by atoms with E-state index < -0.39 is 0 Å². The minimum atomic E-state index is -0.209. The molecule has 0 unspecified atom stereocenters. The highest BCUT2D eigenvalue weighted by atomic mass is 35.5. The van der Waals surface area contributed by atoms with Gasteiger partial charge in [0.15, 0.2) is 0 Å². The summed E-state index contributed by atoms with van der Waals surface area (Å²) in [6.07, 6.45) is 2.03. The van der Waals surface area contributed by atoms with Crippen LogP contribution in [-0.2, 0) is 11.2 Å². The Balaban J connectivity index is 2.27. The van der Waals surface area contributed by atoms with Crippen LogP contribution >= 0.6 is 11.6 Å². The number of halogens is 1. The molecule has 0 saturated heterocycles. The number of nitrogens with one attached hydrogen (secondary N) is 1. The van der Waals surface area contributed by atoms with Crippen LogP contribution in [-0.4, -0.2) is 18.4 Å². The van der Waals surface area contributed by atoms with E-state index in [9.17, 15) is 4.79 Å². The van der Waals surface area contributed by atoms with E-state index in [0.717, 1.165) is 29.8 Å². The van der Waals surface area contributed by atoms with Crippen molar-refractivity contribution in [3.05, 3.63) is 23.8 Å². The van der Waals surface area contributed by atoms with Crippen molar-refractivity contribution < 1.29 is 9.53 Å². The van der Waals surface area contributed by atoms with Crippen LogP contribution in [0.3, 0.4) is 0 Å². The minimum absolute atomic E-state index is 0.0380. The number of amides is 1. The zero-order valence-corrected chi connectivity index (χ0v) is 9.01. The molecule has 0 atom stereocenters. The zero-order chi connectivity index (χ0) is 10.7. The fraction of sp³-hybridized carbons (Fsp3) is 0.364. The monoisotopic (exact) mass is 225 g/mol. The maximum Gasteiger partial charge on any atom is 0.239 e. The number of hydrogen-bond acceptors (Lipinski definition) is 2. The molecule has 1 amide bonds. The Morgan fingerprint density at radius 3 is 3.20 bits per heavy atom. The van der Waals surface area contributed by atoms with Crippen LogP contribution in [0, 0.1) is 0 Å². The molecule has 1 N–H and O–H groups in total. The molecule has 3 nitrogen and oxygen atoms in total. The van der Waals surface area contributed by atoms with Gasteiger partial charge in [-0.2, -0.15) is 0 Å². The average Bonchev–Trinajstić information content (AvgIpc) is 2.29. The molecule has 0 bridgehead atoms.